The lowest BCUT2D eigenvalue weighted by Crippen LogP contribution is -2.33. The molecular weight excluding hydrogens is 210 g/mol. The zero-order valence-electron chi connectivity index (χ0n) is 8.67. The smallest absolute Gasteiger partial charge is 0.129 e. The molecule has 0 bridgehead atoms. The van der Waals surface area contributed by atoms with Gasteiger partial charge >= 0.3 is 0 Å². The van der Waals surface area contributed by atoms with Gasteiger partial charge in [0.1, 0.15) is 5.15 Å². The molecule has 0 radical (unpaired) electrons. The molecule has 0 spiro atoms. The first-order valence-corrected chi connectivity index (χ1v) is 5.77. The van der Waals surface area contributed by atoms with Crippen molar-refractivity contribution in [2.75, 3.05) is 13.1 Å². The Kier molecular flexibility index (Phi) is 3.94. The van der Waals surface area contributed by atoms with E-state index in [0.717, 1.165) is 19.6 Å². The van der Waals surface area contributed by atoms with Crippen LogP contribution in [-0.2, 0) is 6.54 Å². The second-order valence-corrected chi connectivity index (χ2v) is 4.30. The maximum atomic E-state index is 5.71. The van der Waals surface area contributed by atoms with Gasteiger partial charge in [-0.15, -0.1) is 0 Å². The third-order valence-electron chi connectivity index (χ3n) is 2.67. The Labute approximate surface area is 95.2 Å². The molecule has 1 unspecified atom stereocenters. The highest BCUT2D eigenvalue weighted by atomic mass is 35.5. The summed E-state index contributed by atoms with van der Waals surface area (Å²) in [5.41, 5.74) is 1.18. The summed E-state index contributed by atoms with van der Waals surface area (Å²) in [6.07, 6.45) is 4.40. The molecule has 1 aliphatic rings. The van der Waals surface area contributed by atoms with E-state index in [0.29, 0.717) is 11.2 Å². The molecule has 1 saturated heterocycles. The predicted molar refractivity (Wildman–Crippen MR) is 62.0 cm³/mol. The molecule has 0 aromatic carbocycles. The molecule has 1 aromatic rings. The van der Waals surface area contributed by atoms with Crippen LogP contribution >= 0.6 is 11.6 Å². The highest BCUT2D eigenvalue weighted by molar-refractivity contribution is 6.29. The Hall–Kier alpha value is -0.640. The number of hydrogen-bond acceptors (Lipinski definition) is 3. The lowest BCUT2D eigenvalue weighted by molar-refractivity contribution is 0.535. The molecule has 15 heavy (non-hydrogen) atoms. The second kappa shape index (κ2) is 5.45. The van der Waals surface area contributed by atoms with E-state index in [-0.39, 0.29) is 0 Å². The van der Waals surface area contributed by atoms with Crippen LogP contribution in [0, 0.1) is 0 Å². The lowest BCUT2D eigenvalue weighted by atomic mass is 10.2. The summed E-state index contributed by atoms with van der Waals surface area (Å²) in [5.74, 6) is 0. The van der Waals surface area contributed by atoms with Crippen molar-refractivity contribution in [2.45, 2.75) is 25.4 Å². The zero-order chi connectivity index (χ0) is 10.5. The summed E-state index contributed by atoms with van der Waals surface area (Å²) in [4.78, 5) is 4.04. The molecule has 1 fully saturated rings. The molecule has 3 nitrogen and oxygen atoms in total. The number of rotatable bonds is 4. The fourth-order valence-corrected chi connectivity index (χ4v) is 1.94. The molecule has 1 atom stereocenters. The van der Waals surface area contributed by atoms with Crippen molar-refractivity contribution in [2.24, 2.45) is 0 Å². The quantitative estimate of drug-likeness (QED) is 0.764. The Morgan fingerprint density at radius 2 is 2.47 bits per heavy atom. The summed E-state index contributed by atoms with van der Waals surface area (Å²) < 4.78 is 0. The Morgan fingerprint density at radius 3 is 3.13 bits per heavy atom. The van der Waals surface area contributed by atoms with Crippen molar-refractivity contribution >= 4 is 11.6 Å². The minimum atomic E-state index is 0.552. The Bertz CT molecular complexity index is 293. The SMILES string of the molecule is Clc1ccc(CNCC2CCCN2)cn1. The minimum absolute atomic E-state index is 0.552. The number of halogens is 1. The minimum Gasteiger partial charge on any atom is -0.313 e. The van der Waals surface area contributed by atoms with Crippen molar-refractivity contribution in [3.8, 4) is 0 Å². The molecule has 0 saturated carbocycles. The summed E-state index contributed by atoms with van der Waals surface area (Å²) in [7, 11) is 0. The van der Waals surface area contributed by atoms with E-state index >= 15 is 0 Å². The van der Waals surface area contributed by atoms with Gasteiger partial charge in [0.05, 0.1) is 0 Å². The van der Waals surface area contributed by atoms with E-state index in [1.165, 1.54) is 18.4 Å². The van der Waals surface area contributed by atoms with Gasteiger partial charge in [-0.1, -0.05) is 17.7 Å². The van der Waals surface area contributed by atoms with Crippen molar-refractivity contribution < 1.29 is 0 Å². The third kappa shape index (κ3) is 3.45. The van der Waals surface area contributed by atoms with Gasteiger partial charge in [0.15, 0.2) is 0 Å². The first-order chi connectivity index (χ1) is 7.34. The van der Waals surface area contributed by atoms with E-state index < -0.39 is 0 Å². The van der Waals surface area contributed by atoms with Crippen molar-refractivity contribution in [3.63, 3.8) is 0 Å². The van der Waals surface area contributed by atoms with Crippen LogP contribution < -0.4 is 10.6 Å². The number of nitrogens with zero attached hydrogens (tertiary/aromatic N) is 1. The van der Waals surface area contributed by atoms with Crippen molar-refractivity contribution in [3.05, 3.63) is 29.0 Å². The van der Waals surface area contributed by atoms with Crippen LogP contribution in [-0.4, -0.2) is 24.1 Å². The van der Waals surface area contributed by atoms with Gasteiger partial charge in [-0.2, -0.15) is 0 Å². The Balaban J connectivity index is 1.71. The van der Waals surface area contributed by atoms with Crippen LogP contribution in [0.25, 0.3) is 0 Å². The van der Waals surface area contributed by atoms with Gasteiger partial charge in [0, 0.05) is 25.3 Å². The van der Waals surface area contributed by atoms with Gasteiger partial charge in [0.25, 0.3) is 0 Å². The fraction of sp³-hybridized carbons (Fsp3) is 0.545. The van der Waals surface area contributed by atoms with Crippen molar-refractivity contribution in [1.29, 1.82) is 0 Å². The summed E-state index contributed by atoms with van der Waals surface area (Å²) in [6.45, 7) is 3.06. The number of nitrogens with one attached hydrogen (secondary N) is 2. The number of pyridine rings is 1. The highest BCUT2D eigenvalue weighted by Crippen LogP contribution is 2.06. The van der Waals surface area contributed by atoms with Crippen LogP contribution in [0.1, 0.15) is 18.4 Å². The average Bonchev–Trinajstić information content (AvgIpc) is 2.74. The van der Waals surface area contributed by atoms with E-state index in [9.17, 15) is 0 Å². The molecule has 0 aliphatic carbocycles. The van der Waals surface area contributed by atoms with Gasteiger partial charge in [-0.05, 0) is 31.0 Å². The molecule has 0 amide bonds. The second-order valence-electron chi connectivity index (χ2n) is 3.91. The molecule has 2 heterocycles. The molecule has 1 aromatic heterocycles. The highest BCUT2D eigenvalue weighted by Gasteiger charge is 2.12. The third-order valence-corrected chi connectivity index (χ3v) is 2.89. The predicted octanol–water partition coefficient (Wildman–Crippen LogP) is 1.58. The van der Waals surface area contributed by atoms with Gasteiger partial charge in [-0.25, -0.2) is 4.98 Å². The Morgan fingerprint density at radius 1 is 1.53 bits per heavy atom. The van der Waals surface area contributed by atoms with E-state index in [1.807, 2.05) is 18.3 Å². The first kappa shape index (κ1) is 10.9. The molecule has 2 N–H and O–H groups in total. The van der Waals surface area contributed by atoms with Crippen LogP contribution in [0.5, 0.6) is 0 Å². The van der Waals surface area contributed by atoms with Gasteiger partial charge in [0.2, 0.25) is 0 Å². The largest absolute Gasteiger partial charge is 0.313 e. The van der Waals surface area contributed by atoms with E-state index in [1.54, 1.807) is 0 Å². The summed E-state index contributed by atoms with van der Waals surface area (Å²) >= 11 is 5.71. The normalized spacial score (nSPS) is 20.7. The molecule has 82 valence electrons. The molecule has 1 aliphatic heterocycles. The van der Waals surface area contributed by atoms with Gasteiger partial charge in [-0.3, -0.25) is 0 Å². The molecule has 2 rings (SSSR count). The average molecular weight is 226 g/mol. The first-order valence-electron chi connectivity index (χ1n) is 5.39. The monoisotopic (exact) mass is 225 g/mol. The topological polar surface area (TPSA) is 37.0 Å². The van der Waals surface area contributed by atoms with E-state index in [2.05, 4.69) is 15.6 Å². The van der Waals surface area contributed by atoms with Crippen LogP contribution in [0.2, 0.25) is 5.15 Å². The summed E-state index contributed by atoms with van der Waals surface area (Å²) in [5, 5.41) is 7.42. The summed E-state index contributed by atoms with van der Waals surface area (Å²) in [6, 6.07) is 4.47. The molecule has 4 heteroatoms. The van der Waals surface area contributed by atoms with Crippen LogP contribution in [0.15, 0.2) is 18.3 Å². The standard InChI is InChI=1S/C11H16ClN3/c12-11-4-3-9(7-15-11)6-13-8-10-2-1-5-14-10/h3-4,7,10,13-14H,1-2,5-6,8H2. The number of hydrogen-bond donors (Lipinski definition) is 2. The number of aromatic nitrogens is 1. The molecular formula is C11H16ClN3. The lowest BCUT2D eigenvalue weighted by Gasteiger charge is -2.11. The van der Waals surface area contributed by atoms with Crippen LogP contribution in [0.4, 0.5) is 0 Å². The van der Waals surface area contributed by atoms with E-state index in [4.69, 9.17) is 11.6 Å². The zero-order valence-corrected chi connectivity index (χ0v) is 9.43. The maximum Gasteiger partial charge on any atom is 0.129 e. The fourth-order valence-electron chi connectivity index (χ4n) is 1.83. The van der Waals surface area contributed by atoms with Crippen LogP contribution in [0.3, 0.4) is 0 Å². The van der Waals surface area contributed by atoms with Gasteiger partial charge < -0.3 is 10.6 Å². The maximum absolute atomic E-state index is 5.71. The van der Waals surface area contributed by atoms with Crippen molar-refractivity contribution in [1.82, 2.24) is 15.6 Å².